The van der Waals surface area contributed by atoms with E-state index in [0.29, 0.717) is 5.69 Å². The molecule has 0 aliphatic heterocycles. The van der Waals surface area contributed by atoms with Crippen molar-refractivity contribution in [1.29, 1.82) is 0 Å². The van der Waals surface area contributed by atoms with E-state index in [4.69, 9.17) is 0 Å². The normalized spacial score (nSPS) is 12.1. The molecule has 0 aliphatic carbocycles. The number of aromatic amines is 1. The Labute approximate surface area is 113 Å². The van der Waals surface area contributed by atoms with Gasteiger partial charge in [0.15, 0.2) is 5.69 Å². The molecule has 2 rings (SSSR count). The maximum atomic E-state index is 11.9. The standard InChI is InChI=1S/C12H13BrN4O/c1-2-10(8-3-5-9(13)6-4-8)15-12(18)11-7-14-17-16-11/h3-7,10H,2H2,1H3,(H,15,18)(H,14,16,17). The molecule has 1 atom stereocenters. The number of carbonyl (C=O) groups excluding carboxylic acids is 1. The number of aromatic nitrogens is 3. The van der Waals surface area contributed by atoms with Crippen LogP contribution in [-0.4, -0.2) is 21.3 Å². The van der Waals surface area contributed by atoms with Crippen LogP contribution in [0.5, 0.6) is 0 Å². The molecule has 94 valence electrons. The zero-order valence-electron chi connectivity index (χ0n) is 9.85. The number of nitrogens with zero attached hydrogens (tertiary/aromatic N) is 2. The molecular weight excluding hydrogens is 296 g/mol. The molecule has 1 heterocycles. The van der Waals surface area contributed by atoms with Gasteiger partial charge in [-0.25, -0.2) is 0 Å². The summed E-state index contributed by atoms with van der Waals surface area (Å²) in [6.07, 6.45) is 2.22. The van der Waals surface area contributed by atoms with Crippen LogP contribution >= 0.6 is 15.9 Å². The number of hydrogen-bond donors (Lipinski definition) is 2. The van der Waals surface area contributed by atoms with Gasteiger partial charge >= 0.3 is 0 Å². The van der Waals surface area contributed by atoms with Crippen molar-refractivity contribution in [1.82, 2.24) is 20.7 Å². The molecule has 0 spiro atoms. The number of rotatable bonds is 4. The van der Waals surface area contributed by atoms with Crippen LogP contribution in [0.15, 0.2) is 34.9 Å². The summed E-state index contributed by atoms with van der Waals surface area (Å²) < 4.78 is 1.02. The first kappa shape index (κ1) is 12.8. The summed E-state index contributed by atoms with van der Waals surface area (Å²) in [7, 11) is 0. The largest absolute Gasteiger partial charge is 0.344 e. The van der Waals surface area contributed by atoms with E-state index in [1.807, 2.05) is 31.2 Å². The second kappa shape index (κ2) is 5.77. The van der Waals surface area contributed by atoms with Crippen LogP contribution in [0.4, 0.5) is 0 Å². The topological polar surface area (TPSA) is 70.7 Å². The van der Waals surface area contributed by atoms with Crippen LogP contribution in [0, 0.1) is 0 Å². The number of carbonyl (C=O) groups is 1. The van der Waals surface area contributed by atoms with Gasteiger partial charge < -0.3 is 5.32 Å². The average Bonchev–Trinajstić information content (AvgIpc) is 2.91. The molecule has 5 nitrogen and oxygen atoms in total. The molecule has 18 heavy (non-hydrogen) atoms. The summed E-state index contributed by atoms with van der Waals surface area (Å²) in [6, 6.07) is 7.87. The minimum atomic E-state index is -0.224. The lowest BCUT2D eigenvalue weighted by molar-refractivity contribution is 0.0930. The number of hydrogen-bond acceptors (Lipinski definition) is 3. The van der Waals surface area contributed by atoms with E-state index in [1.54, 1.807) is 0 Å². The van der Waals surface area contributed by atoms with E-state index < -0.39 is 0 Å². The van der Waals surface area contributed by atoms with Gasteiger partial charge in [0.2, 0.25) is 0 Å². The van der Waals surface area contributed by atoms with Gasteiger partial charge in [-0.1, -0.05) is 35.0 Å². The molecule has 0 saturated heterocycles. The van der Waals surface area contributed by atoms with Gasteiger partial charge in [-0.3, -0.25) is 4.79 Å². The van der Waals surface area contributed by atoms with E-state index in [-0.39, 0.29) is 11.9 Å². The van der Waals surface area contributed by atoms with Gasteiger partial charge in [-0.2, -0.15) is 15.4 Å². The lowest BCUT2D eigenvalue weighted by atomic mass is 10.0. The summed E-state index contributed by atoms with van der Waals surface area (Å²) >= 11 is 3.39. The average molecular weight is 309 g/mol. The van der Waals surface area contributed by atoms with Gasteiger partial charge in [0.25, 0.3) is 5.91 Å². The molecule has 0 saturated carbocycles. The quantitative estimate of drug-likeness (QED) is 0.911. The van der Waals surface area contributed by atoms with E-state index in [2.05, 4.69) is 36.7 Å². The third kappa shape index (κ3) is 2.95. The van der Waals surface area contributed by atoms with Crippen molar-refractivity contribution < 1.29 is 4.79 Å². The summed E-state index contributed by atoms with van der Waals surface area (Å²) in [6.45, 7) is 2.02. The fourth-order valence-corrected chi connectivity index (χ4v) is 1.92. The fourth-order valence-electron chi connectivity index (χ4n) is 1.66. The monoisotopic (exact) mass is 308 g/mol. The molecule has 1 amide bonds. The molecule has 0 radical (unpaired) electrons. The number of amides is 1. The highest BCUT2D eigenvalue weighted by atomic mass is 79.9. The highest BCUT2D eigenvalue weighted by Gasteiger charge is 2.15. The van der Waals surface area contributed by atoms with Crippen molar-refractivity contribution in [3.63, 3.8) is 0 Å². The summed E-state index contributed by atoms with van der Waals surface area (Å²) in [5.41, 5.74) is 1.36. The summed E-state index contributed by atoms with van der Waals surface area (Å²) in [5, 5.41) is 12.7. The Morgan fingerprint density at radius 2 is 2.17 bits per heavy atom. The fraction of sp³-hybridized carbons (Fsp3) is 0.250. The Balaban J connectivity index is 2.10. The maximum absolute atomic E-state index is 11.9. The van der Waals surface area contributed by atoms with E-state index in [0.717, 1.165) is 16.5 Å². The van der Waals surface area contributed by atoms with E-state index in [1.165, 1.54) is 6.20 Å². The molecule has 0 fully saturated rings. The Hall–Kier alpha value is -1.69. The second-order valence-electron chi connectivity index (χ2n) is 3.84. The minimum absolute atomic E-state index is 0.0256. The van der Waals surface area contributed by atoms with Crippen molar-refractivity contribution in [2.45, 2.75) is 19.4 Å². The number of nitrogens with one attached hydrogen (secondary N) is 2. The summed E-state index contributed by atoms with van der Waals surface area (Å²) in [5.74, 6) is -0.224. The molecule has 1 unspecified atom stereocenters. The smallest absolute Gasteiger partial charge is 0.273 e. The Morgan fingerprint density at radius 1 is 1.44 bits per heavy atom. The zero-order chi connectivity index (χ0) is 13.0. The molecule has 1 aromatic carbocycles. The van der Waals surface area contributed by atoms with Gasteiger partial charge in [0.05, 0.1) is 12.2 Å². The highest BCUT2D eigenvalue weighted by molar-refractivity contribution is 9.10. The highest BCUT2D eigenvalue weighted by Crippen LogP contribution is 2.19. The first-order valence-electron chi connectivity index (χ1n) is 5.62. The third-order valence-corrected chi connectivity index (χ3v) is 3.16. The summed E-state index contributed by atoms with van der Waals surface area (Å²) in [4.78, 5) is 11.9. The van der Waals surface area contributed by atoms with E-state index in [9.17, 15) is 4.79 Å². The predicted molar refractivity (Wildman–Crippen MR) is 71.0 cm³/mol. The van der Waals surface area contributed by atoms with Gasteiger partial charge in [-0.05, 0) is 24.1 Å². The molecule has 1 aromatic heterocycles. The molecule has 2 aromatic rings. The van der Waals surface area contributed by atoms with E-state index >= 15 is 0 Å². The van der Waals surface area contributed by atoms with Crippen LogP contribution in [0.1, 0.15) is 35.4 Å². The Morgan fingerprint density at radius 3 is 2.72 bits per heavy atom. The van der Waals surface area contributed by atoms with Crippen molar-refractivity contribution in [2.24, 2.45) is 0 Å². The molecule has 6 heteroatoms. The van der Waals surface area contributed by atoms with Crippen LogP contribution < -0.4 is 5.32 Å². The van der Waals surface area contributed by atoms with Crippen LogP contribution in [0.3, 0.4) is 0 Å². The lowest BCUT2D eigenvalue weighted by Gasteiger charge is -2.16. The third-order valence-electron chi connectivity index (χ3n) is 2.63. The number of benzene rings is 1. The predicted octanol–water partition coefficient (Wildman–Crippen LogP) is 2.45. The molecule has 2 N–H and O–H groups in total. The first-order chi connectivity index (χ1) is 8.70. The molecule has 0 aliphatic rings. The van der Waals surface area contributed by atoms with Gasteiger partial charge in [-0.15, -0.1) is 0 Å². The zero-order valence-corrected chi connectivity index (χ0v) is 11.4. The number of H-pyrrole nitrogens is 1. The number of halogens is 1. The lowest BCUT2D eigenvalue weighted by Crippen LogP contribution is -2.28. The van der Waals surface area contributed by atoms with Crippen molar-refractivity contribution >= 4 is 21.8 Å². The SMILES string of the molecule is CCC(NC(=O)c1cn[nH]n1)c1ccc(Br)cc1. The van der Waals surface area contributed by atoms with Crippen LogP contribution in [0.25, 0.3) is 0 Å². The van der Waals surface area contributed by atoms with Crippen LogP contribution in [-0.2, 0) is 0 Å². The maximum Gasteiger partial charge on any atom is 0.273 e. The van der Waals surface area contributed by atoms with Gasteiger partial charge in [0, 0.05) is 4.47 Å². The van der Waals surface area contributed by atoms with Crippen molar-refractivity contribution in [2.75, 3.05) is 0 Å². The van der Waals surface area contributed by atoms with Gasteiger partial charge in [0.1, 0.15) is 0 Å². The van der Waals surface area contributed by atoms with Crippen molar-refractivity contribution in [3.05, 3.63) is 46.2 Å². The van der Waals surface area contributed by atoms with Crippen molar-refractivity contribution in [3.8, 4) is 0 Å². The second-order valence-corrected chi connectivity index (χ2v) is 4.76. The van der Waals surface area contributed by atoms with Crippen LogP contribution in [0.2, 0.25) is 0 Å². The molecular formula is C12H13BrN4O. The first-order valence-corrected chi connectivity index (χ1v) is 6.42. The molecule has 0 bridgehead atoms. The Bertz CT molecular complexity index is 509. The minimum Gasteiger partial charge on any atom is -0.344 e. The Kier molecular flexibility index (Phi) is 4.09.